The van der Waals surface area contributed by atoms with Crippen molar-refractivity contribution in [3.63, 3.8) is 0 Å². The number of phenolic OH excluding ortho intramolecular Hbond substituents is 1. The monoisotopic (exact) mass is 205 g/mol. The second-order valence-corrected chi connectivity index (χ2v) is 3.23. The van der Waals surface area contributed by atoms with Gasteiger partial charge in [-0.3, -0.25) is 9.36 Å². The van der Waals surface area contributed by atoms with Gasteiger partial charge in [0.15, 0.2) is 0 Å². The molecule has 0 aliphatic heterocycles. The number of hydrogen-bond donors (Lipinski definition) is 2. The fourth-order valence-electron chi connectivity index (χ4n) is 1.45. The molecule has 3 N–H and O–H groups in total. The molecule has 1 aromatic heterocycles. The molecule has 2 rings (SSSR count). The van der Waals surface area contributed by atoms with E-state index in [1.807, 2.05) is 0 Å². The van der Waals surface area contributed by atoms with Gasteiger partial charge in [0.2, 0.25) is 0 Å². The maximum atomic E-state index is 11.8. The Morgan fingerprint density at radius 2 is 2.27 bits per heavy atom. The number of hydrogen-bond acceptors (Lipinski definition) is 4. The van der Waals surface area contributed by atoms with Crippen LogP contribution in [0.3, 0.4) is 0 Å². The normalized spacial score (nSPS) is 10.7. The summed E-state index contributed by atoms with van der Waals surface area (Å²) in [6, 6.07) is 4.53. The van der Waals surface area contributed by atoms with Gasteiger partial charge >= 0.3 is 0 Å². The van der Waals surface area contributed by atoms with Gasteiger partial charge in [-0.15, -0.1) is 0 Å². The van der Waals surface area contributed by atoms with E-state index in [1.165, 1.54) is 23.0 Å². The van der Waals surface area contributed by atoms with Gasteiger partial charge in [0.25, 0.3) is 5.56 Å². The summed E-state index contributed by atoms with van der Waals surface area (Å²) in [4.78, 5) is 15.9. The van der Waals surface area contributed by atoms with E-state index in [1.54, 1.807) is 6.07 Å². The average molecular weight is 205 g/mol. The Balaban J connectivity index is 2.71. The molecule has 2 aromatic rings. The van der Waals surface area contributed by atoms with Crippen LogP contribution < -0.4 is 11.3 Å². The fourth-order valence-corrected chi connectivity index (χ4v) is 1.45. The molecular weight excluding hydrogens is 194 g/mol. The lowest BCUT2D eigenvalue weighted by atomic mass is 10.2. The molecule has 5 nitrogen and oxygen atoms in total. The summed E-state index contributed by atoms with van der Waals surface area (Å²) in [5.74, 6) is 0.0619. The predicted octanol–water partition coefficient (Wildman–Crippen LogP) is 0.0608. The van der Waals surface area contributed by atoms with Gasteiger partial charge < -0.3 is 10.8 Å². The molecule has 0 aliphatic rings. The zero-order valence-electron chi connectivity index (χ0n) is 8.05. The highest BCUT2D eigenvalue weighted by molar-refractivity contribution is 5.78. The summed E-state index contributed by atoms with van der Waals surface area (Å²) in [7, 11) is 0. The molecule has 0 radical (unpaired) electrons. The minimum atomic E-state index is -0.179. The first-order chi connectivity index (χ1) is 7.22. The number of rotatable bonds is 2. The first-order valence-corrected chi connectivity index (χ1v) is 4.60. The number of phenols is 1. The number of nitrogens with zero attached hydrogens (tertiary/aromatic N) is 2. The Labute approximate surface area is 85.8 Å². The molecule has 0 spiro atoms. The molecule has 0 saturated carbocycles. The minimum Gasteiger partial charge on any atom is -0.508 e. The zero-order chi connectivity index (χ0) is 10.8. The summed E-state index contributed by atoms with van der Waals surface area (Å²) in [6.07, 6.45) is 1.47. The number of aromatic hydroxyl groups is 1. The van der Waals surface area contributed by atoms with Gasteiger partial charge in [-0.2, -0.15) is 0 Å². The van der Waals surface area contributed by atoms with Crippen LogP contribution in [0.15, 0.2) is 29.3 Å². The summed E-state index contributed by atoms with van der Waals surface area (Å²) in [6.45, 7) is 0.809. The van der Waals surface area contributed by atoms with Crippen LogP contribution in [0.1, 0.15) is 0 Å². The Morgan fingerprint density at radius 3 is 3.00 bits per heavy atom. The second kappa shape index (κ2) is 3.70. The summed E-state index contributed by atoms with van der Waals surface area (Å²) in [5.41, 5.74) is 5.76. The summed E-state index contributed by atoms with van der Waals surface area (Å²) >= 11 is 0. The lowest BCUT2D eigenvalue weighted by Crippen LogP contribution is -2.24. The highest BCUT2D eigenvalue weighted by atomic mass is 16.3. The molecule has 15 heavy (non-hydrogen) atoms. The van der Waals surface area contributed by atoms with E-state index in [4.69, 9.17) is 5.73 Å². The van der Waals surface area contributed by atoms with Crippen LogP contribution in [-0.2, 0) is 6.54 Å². The molecule has 0 bridgehead atoms. The van der Waals surface area contributed by atoms with E-state index in [-0.39, 0.29) is 11.3 Å². The van der Waals surface area contributed by atoms with Crippen LogP contribution in [0, 0.1) is 0 Å². The summed E-state index contributed by atoms with van der Waals surface area (Å²) in [5, 5.41) is 9.68. The standard InChI is InChI=1S/C10H11N3O2/c11-3-4-13-6-12-9-2-1-7(14)5-8(9)10(13)15/h1-2,5-6,14H,3-4,11H2. The Bertz CT molecular complexity index is 548. The number of benzene rings is 1. The molecule has 0 unspecified atom stereocenters. The van der Waals surface area contributed by atoms with Crippen molar-refractivity contribution in [1.29, 1.82) is 0 Å². The molecule has 78 valence electrons. The van der Waals surface area contributed by atoms with Crippen molar-refractivity contribution >= 4 is 10.9 Å². The van der Waals surface area contributed by atoms with Crippen molar-refractivity contribution in [2.45, 2.75) is 6.54 Å². The second-order valence-electron chi connectivity index (χ2n) is 3.23. The SMILES string of the molecule is NCCn1cnc2ccc(O)cc2c1=O. The number of fused-ring (bicyclic) bond motifs is 1. The smallest absolute Gasteiger partial charge is 0.261 e. The van der Waals surface area contributed by atoms with Crippen LogP contribution in [0.2, 0.25) is 0 Å². The van der Waals surface area contributed by atoms with Crippen LogP contribution in [-0.4, -0.2) is 21.2 Å². The molecule has 0 fully saturated rings. The molecule has 1 aromatic carbocycles. The molecular formula is C10H11N3O2. The maximum Gasteiger partial charge on any atom is 0.261 e. The third-order valence-electron chi connectivity index (χ3n) is 2.18. The third-order valence-corrected chi connectivity index (χ3v) is 2.18. The van der Waals surface area contributed by atoms with E-state index in [0.29, 0.717) is 24.0 Å². The van der Waals surface area contributed by atoms with Gasteiger partial charge in [-0.1, -0.05) is 0 Å². The van der Waals surface area contributed by atoms with Gasteiger partial charge in [0.1, 0.15) is 5.75 Å². The maximum absolute atomic E-state index is 11.8. The van der Waals surface area contributed by atoms with Crippen LogP contribution in [0.5, 0.6) is 5.75 Å². The van der Waals surface area contributed by atoms with Crippen molar-refractivity contribution in [2.75, 3.05) is 6.54 Å². The fraction of sp³-hybridized carbons (Fsp3) is 0.200. The van der Waals surface area contributed by atoms with E-state index in [9.17, 15) is 9.90 Å². The van der Waals surface area contributed by atoms with E-state index in [2.05, 4.69) is 4.98 Å². The Kier molecular flexibility index (Phi) is 2.39. The van der Waals surface area contributed by atoms with E-state index in [0.717, 1.165) is 0 Å². The summed E-state index contributed by atoms with van der Waals surface area (Å²) < 4.78 is 1.43. The van der Waals surface area contributed by atoms with Gasteiger partial charge in [-0.05, 0) is 18.2 Å². The van der Waals surface area contributed by atoms with Crippen molar-refractivity contribution in [3.8, 4) is 5.75 Å². The van der Waals surface area contributed by atoms with Crippen molar-refractivity contribution in [2.24, 2.45) is 5.73 Å². The zero-order valence-corrected chi connectivity index (χ0v) is 8.05. The molecule has 0 aliphatic carbocycles. The van der Waals surface area contributed by atoms with Gasteiger partial charge in [-0.25, -0.2) is 4.98 Å². The minimum absolute atomic E-state index is 0.0619. The van der Waals surface area contributed by atoms with Crippen LogP contribution in [0.25, 0.3) is 10.9 Å². The van der Waals surface area contributed by atoms with E-state index >= 15 is 0 Å². The molecule has 1 heterocycles. The molecule has 5 heteroatoms. The topological polar surface area (TPSA) is 81.1 Å². The Hall–Kier alpha value is -1.88. The molecule has 0 atom stereocenters. The number of nitrogens with two attached hydrogens (primary N) is 1. The van der Waals surface area contributed by atoms with Crippen molar-refractivity contribution in [3.05, 3.63) is 34.9 Å². The molecule has 0 saturated heterocycles. The average Bonchev–Trinajstić information content (AvgIpc) is 2.23. The van der Waals surface area contributed by atoms with E-state index < -0.39 is 0 Å². The lowest BCUT2D eigenvalue weighted by Gasteiger charge is -2.04. The highest BCUT2D eigenvalue weighted by Crippen LogP contribution is 2.14. The first-order valence-electron chi connectivity index (χ1n) is 4.60. The van der Waals surface area contributed by atoms with Crippen LogP contribution in [0.4, 0.5) is 0 Å². The predicted molar refractivity (Wildman–Crippen MR) is 56.7 cm³/mol. The first kappa shape index (κ1) is 9.67. The quantitative estimate of drug-likeness (QED) is 0.726. The van der Waals surface area contributed by atoms with Crippen LogP contribution >= 0.6 is 0 Å². The van der Waals surface area contributed by atoms with Crippen molar-refractivity contribution < 1.29 is 5.11 Å². The lowest BCUT2D eigenvalue weighted by molar-refractivity contribution is 0.476. The van der Waals surface area contributed by atoms with Crippen molar-refractivity contribution in [1.82, 2.24) is 9.55 Å². The Morgan fingerprint density at radius 1 is 1.47 bits per heavy atom. The largest absolute Gasteiger partial charge is 0.508 e. The highest BCUT2D eigenvalue weighted by Gasteiger charge is 2.03. The van der Waals surface area contributed by atoms with Gasteiger partial charge in [0, 0.05) is 13.1 Å². The number of aromatic nitrogens is 2. The van der Waals surface area contributed by atoms with Gasteiger partial charge in [0.05, 0.1) is 17.2 Å². The molecule has 0 amide bonds. The third kappa shape index (κ3) is 1.69.